The molecular weight excluding hydrogens is 578 g/mol. The Hall–Kier alpha value is -4.61. The van der Waals surface area contributed by atoms with Crippen LogP contribution in [0.15, 0.2) is 74.6 Å². The minimum Gasteiger partial charge on any atom is -0.478 e. The smallest absolute Gasteiger partial charge is 0.301 e. The van der Waals surface area contributed by atoms with Gasteiger partial charge in [-0.3, -0.25) is 9.35 Å². The summed E-state index contributed by atoms with van der Waals surface area (Å²) in [6.45, 7) is 4.52. The second-order valence-electron chi connectivity index (χ2n) is 10.9. The van der Waals surface area contributed by atoms with Gasteiger partial charge in [0.1, 0.15) is 17.9 Å². The Morgan fingerprint density at radius 3 is 2.59 bits per heavy atom. The third kappa shape index (κ3) is 5.68. The Morgan fingerprint density at radius 2 is 1.80 bits per heavy atom. The molecular formula is C33H31N5O5S. The van der Waals surface area contributed by atoms with Crippen molar-refractivity contribution in [1.29, 1.82) is 0 Å². The first-order valence-corrected chi connectivity index (χ1v) is 16.0. The number of fused-ring (bicyclic) bond motifs is 6. The number of carbonyl (C=O) groups is 1. The second-order valence-corrected chi connectivity index (χ2v) is 12.5. The normalized spacial score (nSPS) is 21.2. The summed E-state index contributed by atoms with van der Waals surface area (Å²) in [4.78, 5) is 29.9. The molecule has 0 saturated carbocycles. The molecule has 224 valence electrons. The molecule has 1 amide bonds. The fourth-order valence-corrected chi connectivity index (χ4v) is 7.26. The third-order valence-electron chi connectivity index (χ3n) is 8.14. The van der Waals surface area contributed by atoms with Gasteiger partial charge in [-0.15, -0.1) is 0 Å². The van der Waals surface area contributed by atoms with Gasteiger partial charge in [-0.05, 0) is 51.2 Å². The molecule has 3 atom stereocenters. The number of aromatic nitrogens is 1. The van der Waals surface area contributed by atoms with Crippen molar-refractivity contribution < 1.29 is 22.5 Å². The van der Waals surface area contributed by atoms with Crippen LogP contribution in [0.4, 0.5) is 0 Å². The van der Waals surface area contributed by atoms with Crippen molar-refractivity contribution in [3.8, 4) is 5.88 Å². The van der Waals surface area contributed by atoms with Crippen molar-refractivity contribution in [2.75, 3.05) is 6.61 Å². The maximum atomic E-state index is 12.6. The van der Waals surface area contributed by atoms with Gasteiger partial charge < -0.3 is 4.74 Å². The second kappa shape index (κ2) is 12.2. The number of pyridine rings is 1. The van der Waals surface area contributed by atoms with Crippen molar-refractivity contribution in [2.45, 2.75) is 50.2 Å². The highest BCUT2D eigenvalue weighted by Gasteiger charge is 2.41. The Balaban J connectivity index is 0.000000289. The number of rotatable bonds is 6. The summed E-state index contributed by atoms with van der Waals surface area (Å²) in [7, 11) is -4.34. The van der Waals surface area contributed by atoms with Gasteiger partial charge in [0.05, 0.1) is 12.3 Å². The quantitative estimate of drug-likeness (QED) is 0.334. The molecule has 0 fully saturated rings. The molecule has 0 spiro atoms. The van der Waals surface area contributed by atoms with Gasteiger partial charge in [0.25, 0.3) is 10.1 Å². The number of amides is 1. The molecule has 0 saturated heterocycles. The van der Waals surface area contributed by atoms with E-state index >= 15 is 0 Å². The largest absolute Gasteiger partial charge is 0.478 e. The van der Waals surface area contributed by atoms with Gasteiger partial charge in [-0.25, -0.2) is 20.0 Å². The van der Waals surface area contributed by atoms with Gasteiger partial charge >= 0.3 is 5.91 Å². The zero-order valence-electron chi connectivity index (χ0n) is 24.3. The van der Waals surface area contributed by atoms with E-state index in [0.29, 0.717) is 24.0 Å². The molecule has 1 aromatic heterocycles. The number of ether oxygens (including phenoxy) is 1. The molecule has 44 heavy (non-hydrogen) atoms. The van der Waals surface area contributed by atoms with Crippen LogP contribution in [0.25, 0.3) is 22.9 Å². The number of aliphatic imine (C=N–C) groups is 4. The molecule has 3 aromatic rings. The molecule has 7 rings (SSSR count). The minimum absolute atomic E-state index is 0.238. The predicted molar refractivity (Wildman–Crippen MR) is 173 cm³/mol. The highest BCUT2D eigenvalue weighted by atomic mass is 32.2. The van der Waals surface area contributed by atoms with Gasteiger partial charge in [-0.1, -0.05) is 74.9 Å². The number of hydrogen-bond donors (Lipinski definition) is 1. The van der Waals surface area contributed by atoms with E-state index in [1.165, 1.54) is 23.5 Å². The summed E-state index contributed by atoms with van der Waals surface area (Å²) in [5.74, 6) is -0.545. The summed E-state index contributed by atoms with van der Waals surface area (Å²) in [6, 6.07) is 13.8. The lowest BCUT2D eigenvalue weighted by molar-refractivity contribution is -0.111. The Morgan fingerprint density at radius 1 is 1.00 bits per heavy atom. The lowest BCUT2D eigenvalue weighted by Gasteiger charge is -2.32. The number of hydrogen-bond acceptors (Lipinski definition) is 8. The van der Waals surface area contributed by atoms with E-state index < -0.39 is 27.2 Å². The van der Waals surface area contributed by atoms with Gasteiger partial charge in [0.15, 0.2) is 11.5 Å². The zero-order valence-corrected chi connectivity index (χ0v) is 25.1. The SMILES string of the molecule is CCCCOc1cccc(C2C=c3c(ccc4c5c(ccc34)CC=CC=5)C(C)C2S(=O)(=O)O)n1.O=C1N=CN=C2N=CN=C12. The van der Waals surface area contributed by atoms with Crippen LogP contribution in [0.2, 0.25) is 0 Å². The Kier molecular flexibility index (Phi) is 8.15. The van der Waals surface area contributed by atoms with Crippen LogP contribution in [-0.2, 0) is 21.3 Å². The number of amidine groups is 1. The van der Waals surface area contributed by atoms with Crippen LogP contribution < -0.4 is 15.2 Å². The molecule has 3 unspecified atom stereocenters. The highest BCUT2D eigenvalue weighted by molar-refractivity contribution is 7.86. The summed E-state index contributed by atoms with van der Waals surface area (Å²) in [5, 5.41) is 3.44. The molecule has 2 aliphatic carbocycles. The summed E-state index contributed by atoms with van der Waals surface area (Å²) in [5.41, 5.74) is 3.03. The minimum atomic E-state index is -4.34. The van der Waals surface area contributed by atoms with E-state index in [1.807, 2.05) is 31.2 Å². The number of carbonyl (C=O) groups excluding carboxylic acids is 1. The first-order valence-electron chi connectivity index (χ1n) is 14.5. The van der Waals surface area contributed by atoms with E-state index in [0.717, 1.165) is 40.8 Å². The average Bonchev–Trinajstić information content (AvgIpc) is 3.51. The topological polar surface area (TPSA) is 143 Å². The standard InChI is InChI=1S/C28H29NO4S.C5H2N4O/c1-3-4-16-33-27-11-7-10-26(29-27)25-17-24-20(18(2)28(25)34(30,31)32)14-15-22-21-9-6-5-8-19(21)12-13-23(22)24;10-5-3-4(7-1-6-3)8-2-9-5/h5-7,9-15,17-18,25,28H,3-4,8,16H2,1-2H3,(H,30,31,32);1-2H. The number of benzene rings is 2. The fourth-order valence-electron chi connectivity index (χ4n) is 6.01. The molecule has 0 bridgehead atoms. The van der Waals surface area contributed by atoms with Crippen LogP contribution in [0, 0.1) is 0 Å². The molecule has 10 nitrogen and oxygen atoms in total. The Labute approximate surface area is 254 Å². The molecule has 3 heterocycles. The fraction of sp³-hybridized carbons (Fsp3) is 0.273. The lowest BCUT2D eigenvalue weighted by Crippen LogP contribution is -2.39. The summed E-state index contributed by atoms with van der Waals surface area (Å²) < 4.78 is 41.3. The van der Waals surface area contributed by atoms with Crippen molar-refractivity contribution in [3.63, 3.8) is 0 Å². The van der Waals surface area contributed by atoms with Crippen molar-refractivity contribution >= 4 is 63.2 Å². The molecule has 0 radical (unpaired) electrons. The van der Waals surface area contributed by atoms with E-state index in [-0.39, 0.29) is 11.6 Å². The maximum absolute atomic E-state index is 12.6. The molecule has 2 aliphatic heterocycles. The van der Waals surface area contributed by atoms with Crippen LogP contribution in [0.1, 0.15) is 55.3 Å². The number of nitrogens with zero attached hydrogens (tertiary/aromatic N) is 5. The first kappa shape index (κ1) is 29.5. The van der Waals surface area contributed by atoms with E-state index in [4.69, 9.17) is 4.74 Å². The van der Waals surface area contributed by atoms with Crippen LogP contribution >= 0.6 is 0 Å². The van der Waals surface area contributed by atoms with Crippen LogP contribution in [-0.4, -0.2) is 59.9 Å². The monoisotopic (exact) mass is 609 g/mol. The van der Waals surface area contributed by atoms with E-state index in [9.17, 15) is 17.8 Å². The van der Waals surface area contributed by atoms with Crippen molar-refractivity contribution in [1.82, 2.24) is 4.98 Å². The van der Waals surface area contributed by atoms with Crippen molar-refractivity contribution in [2.24, 2.45) is 20.0 Å². The molecule has 4 aliphatic rings. The maximum Gasteiger partial charge on any atom is 0.301 e. The van der Waals surface area contributed by atoms with Crippen LogP contribution in [0.3, 0.4) is 0 Å². The zero-order chi connectivity index (χ0) is 30.8. The van der Waals surface area contributed by atoms with Gasteiger partial charge in [-0.2, -0.15) is 13.4 Å². The van der Waals surface area contributed by atoms with Gasteiger partial charge in [0, 0.05) is 17.9 Å². The number of allylic oxidation sites excluding steroid dienone is 2. The molecule has 11 heteroatoms. The summed E-state index contributed by atoms with van der Waals surface area (Å²) in [6.07, 6.45) is 13.6. The third-order valence-corrected chi connectivity index (χ3v) is 9.53. The lowest BCUT2D eigenvalue weighted by atomic mass is 9.79. The predicted octanol–water partition coefficient (Wildman–Crippen LogP) is 3.68. The molecule has 2 aromatic carbocycles. The number of unbranched alkanes of at least 4 members (excludes halogenated alkanes) is 1. The first-order chi connectivity index (χ1) is 21.3. The van der Waals surface area contributed by atoms with E-state index in [1.54, 1.807) is 6.07 Å². The summed E-state index contributed by atoms with van der Waals surface area (Å²) >= 11 is 0. The van der Waals surface area contributed by atoms with Gasteiger partial charge in [0.2, 0.25) is 5.88 Å². The highest BCUT2D eigenvalue weighted by Crippen LogP contribution is 2.38. The van der Waals surface area contributed by atoms with E-state index in [2.05, 4.69) is 68.3 Å². The molecule has 1 N–H and O–H groups in total. The average molecular weight is 610 g/mol. The van der Waals surface area contributed by atoms with Crippen LogP contribution in [0.5, 0.6) is 5.88 Å². The van der Waals surface area contributed by atoms with Crippen molar-refractivity contribution in [3.05, 3.63) is 81.9 Å². The Bertz CT molecular complexity index is 2040.